The lowest BCUT2D eigenvalue weighted by molar-refractivity contribution is 0.794. The molecule has 100 valence electrons. The lowest BCUT2D eigenvalue weighted by atomic mass is 10.1. The van der Waals surface area contributed by atoms with Crippen LogP contribution in [-0.2, 0) is 0 Å². The molecule has 3 aromatic rings. The van der Waals surface area contributed by atoms with Gasteiger partial charge in [0.2, 0.25) is 0 Å². The zero-order valence-corrected chi connectivity index (χ0v) is 11.4. The summed E-state index contributed by atoms with van der Waals surface area (Å²) in [7, 11) is 0. The first-order valence-corrected chi connectivity index (χ1v) is 6.36. The highest BCUT2D eigenvalue weighted by molar-refractivity contribution is 5.75. The number of benzene rings is 1. The van der Waals surface area contributed by atoms with Gasteiger partial charge in [-0.2, -0.15) is 5.10 Å². The van der Waals surface area contributed by atoms with E-state index in [1.165, 1.54) is 0 Å². The van der Waals surface area contributed by atoms with Crippen LogP contribution in [-0.4, -0.2) is 19.7 Å². The Bertz CT molecular complexity index is 740. The Hall–Kier alpha value is -2.69. The average Bonchev–Trinajstić information content (AvgIpc) is 2.87. The molecule has 3 rings (SSSR count). The van der Waals surface area contributed by atoms with E-state index >= 15 is 0 Å². The van der Waals surface area contributed by atoms with Crippen molar-refractivity contribution in [3.63, 3.8) is 0 Å². The van der Waals surface area contributed by atoms with E-state index in [2.05, 4.69) is 15.1 Å². The third-order valence-electron chi connectivity index (χ3n) is 3.03. The van der Waals surface area contributed by atoms with Gasteiger partial charge in [-0.3, -0.25) is 0 Å². The van der Waals surface area contributed by atoms with Gasteiger partial charge in [0.25, 0.3) is 5.95 Å². The van der Waals surface area contributed by atoms with Crippen LogP contribution in [0.25, 0.3) is 17.1 Å². The minimum atomic E-state index is 0.572. The van der Waals surface area contributed by atoms with Crippen molar-refractivity contribution >= 4 is 5.69 Å². The number of hydrogen-bond donors (Lipinski definition) is 1. The third-order valence-corrected chi connectivity index (χ3v) is 3.03. The number of anilines is 1. The van der Waals surface area contributed by atoms with Crippen molar-refractivity contribution in [1.82, 2.24) is 19.7 Å². The molecule has 0 radical (unpaired) electrons. The third kappa shape index (κ3) is 2.25. The number of aryl methyl sites for hydroxylation is 2. The predicted molar refractivity (Wildman–Crippen MR) is 78.5 cm³/mol. The van der Waals surface area contributed by atoms with Gasteiger partial charge in [0.15, 0.2) is 0 Å². The van der Waals surface area contributed by atoms with E-state index in [0.717, 1.165) is 28.2 Å². The topological polar surface area (TPSA) is 69.6 Å². The molecule has 0 fully saturated rings. The Labute approximate surface area is 117 Å². The van der Waals surface area contributed by atoms with Gasteiger partial charge in [-0.1, -0.05) is 18.2 Å². The Morgan fingerprint density at radius 1 is 1.05 bits per heavy atom. The summed E-state index contributed by atoms with van der Waals surface area (Å²) in [5.74, 6) is 0.572. The monoisotopic (exact) mass is 265 g/mol. The first-order valence-electron chi connectivity index (χ1n) is 6.36. The molecule has 2 heterocycles. The van der Waals surface area contributed by atoms with Gasteiger partial charge >= 0.3 is 0 Å². The molecule has 2 N–H and O–H groups in total. The maximum absolute atomic E-state index is 5.98. The Morgan fingerprint density at radius 2 is 1.75 bits per heavy atom. The summed E-state index contributed by atoms with van der Waals surface area (Å²) in [5.41, 5.74) is 10.5. The van der Waals surface area contributed by atoms with Crippen molar-refractivity contribution in [1.29, 1.82) is 0 Å². The van der Waals surface area contributed by atoms with E-state index in [1.807, 2.05) is 50.4 Å². The molecule has 0 unspecified atom stereocenters. The summed E-state index contributed by atoms with van der Waals surface area (Å²) in [6.07, 6.45) is 3.66. The van der Waals surface area contributed by atoms with E-state index < -0.39 is 0 Å². The highest BCUT2D eigenvalue weighted by Gasteiger charge is 2.08. The van der Waals surface area contributed by atoms with Crippen LogP contribution in [0.1, 0.15) is 11.4 Å². The highest BCUT2D eigenvalue weighted by atomic mass is 15.3. The number of aromatic nitrogens is 4. The molecule has 0 spiro atoms. The molecule has 20 heavy (non-hydrogen) atoms. The first kappa shape index (κ1) is 12.3. The van der Waals surface area contributed by atoms with Crippen molar-refractivity contribution in [3.05, 3.63) is 54.1 Å². The SMILES string of the molecule is Cc1cc(C)nc(-n2cc(-c3ccccc3N)cn2)n1. The molecule has 5 nitrogen and oxygen atoms in total. The van der Waals surface area contributed by atoms with Crippen molar-refractivity contribution in [2.24, 2.45) is 0 Å². The number of nitrogens with zero attached hydrogens (tertiary/aromatic N) is 4. The van der Waals surface area contributed by atoms with E-state index in [1.54, 1.807) is 10.9 Å². The Balaban J connectivity index is 2.04. The lowest BCUT2D eigenvalue weighted by Crippen LogP contribution is -2.03. The summed E-state index contributed by atoms with van der Waals surface area (Å²) in [6, 6.07) is 9.65. The average molecular weight is 265 g/mol. The Morgan fingerprint density at radius 3 is 2.45 bits per heavy atom. The maximum Gasteiger partial charge on any atom is 0.250 e. The van der Waals surface area contributed by atoms with Crippen LogP contribution >= 0.6 is 0 Å². The molecule has 0 aliphatic rings. The molecule has 0 atom stereocenters. The van der Waals surface area contributed by atoms with Crippen LogP contribution in [0.4, 0.5) is 5.69 Å². The summed E-state index contributed by atoms with van der Waals surface area (Å²) < 4.78 is 1.67. The summed E-state index contributed by atoms with van der Waals surface area (Å²) in [6.45, 7) is 3.88. The fourth-order valence-electron chi connectivity index (χ4n) is 2.14. The van der Waals surface area contributed by atoms with Gasteiger partial charge in [-0.15, -0.1) is 0 Å². The Kier molecular flexibility index (Phi) is 2.95. The van der Waals surface area contributed by atoms with Gasteiger partial charge in [-0.25, -0.2) is 14.6 Å². The number of rotatable bonds is 2. The van der Waals surface area contributed by atoms with Crippen LogP contribution < -0.4 is 5.73 Å². The molecular formula is C15H15N5. The molecule has 1 aromatic carbocycles. The minimum absolute atomic E-state index is 0.572. The second-order valence-corrected chi connectivity index (χ2v) is 4.71. The van der Waals surface area contributed by atoms with Gasteiger partial charge in [0, 0.05) is 34.4 Å². The summed E-state index contributed by atoms with van der Waals surface area (Å²) >= 11 is 0. The number of nitrogens with two attached hydrogens (primary N) is 1. The second kappa shape index (κ2) is 4.77. The van der Waals surface area contributed by atoms with Gasteiger partial charge in [-0.05, 0) is 26.0 Å². The molecule has 0 aliphatic heterocycles. The van der Waals surface area contributed by atoms with Crippen molar-refractivity contribution in [3.8, 4) is 17.1 Å². The second-order valence-electron chi connectivity index (χ2n) is 4.71. The minimum Gasteiger partial charge on any atom is -0.398 e. The van der Waals surface area contributed by atoms with Gasteiger partial charge < -0.3 is 5.73 Å². The van der Waals surface area contributed by atoms with Crippen LogP contribution in [0.5, 0.6) is 0 Å². The van der Waals surface area contributed by atoms with Crippen LogP contribution in [0, 0.1) is 13.8 Å². The van der Waals surface area contributed by atoms with Gasteiger partial charge in [0.05, 0.1) is 6.20 Å². The normalized spacial score (nSPS) is 10.7. The molecule has 0 saturated carbocycles. The molecule has 0 saturated heterocycles. The zero-order valence-electron chi connectivity index (χ0n) is 11.4. The molecule has 0 amide bonds. The zero-order chi connectivity index (χ0) is 14.1. The van der Waals surface area contributed by atoms with E-state index in [9.17, 15) is 0 Å². The first-order chi connectivity index (χ1) is 9.63. The smallest absolute Gasteiger partial charge is 0.250 e. The van der Waals surface area contributed by atoms with E-state index in [4.69, 9.17) is 5.73 Å². The van der Waals surface area contributed by atoms with Crippen LogP contribution in [0.15, 0.2) is 42.7 Å². The predicted octanol–water partition coefficient (Wildman–Crippen LogP) is 2.53. The quantitative estimate of drug-likeness (QED) is 0.723. The highest BCUT2D eigenvalue weighted by Crippen LogP contribution is 2.25. The lowest BCUT2D eigenvalue weighted by Gasteiger charge is -2.03. The number of hydrogen-bond acceptors (Lipinski definition) is 4. The van der Waals surface area contributed by atoms with Gasteiger partial charge in [0.1, 0.15) is 0 Å². The fraction of sp³-hybridized carbons (Fsp3) is 0.133. The van der Waals surface area contributed by atoms with Crippen molar-refractivity contribution < 1.29 is 0 Å². The largest absolute Gasteiger partial charge is 0.398 e. The fourth-order valence-corrected chi connectivity index (χ4v) is 2.14. The maximum atomic E-state index is 5.98. The standard InChI is InChI=1S/C15H15N5/c1-10-7-11(2)19-15(18-10)20-9-12(8-17-20)13-5-3-4-6-14(13)16/h3-9H,16H2,1-2H3. The molecule has 0 aliphatic carbocycles. The van der Waals surface area contributed by atoms with E-state index in [-0.39, 0.29) is 0 Å². The molecule has 0 bridgehead atoms. The van der Waals surface area contributed by atoms with Crippen LogP contribution in [0.3, 0.4) is 0 Å². The number of nitrogen functional groups attached to an aromatic ring is 1. The molecule has 2 aromatic heterocycles. The van der Waals surface area contributed by atoms with E-state index in [0.29, 0.717) is 5.95 Å². The van der Waals surface area contributed by atoms with Crippen LogP contribution in [0.2, 0.25) is 0 Å². The molecule has 5 heteroatoms. The number of para-hydroxylation sites is 1. The summed E-state index contributed by atoms with van der Waals surface area (Å²) in [5, 5.41) is 4.32. The van der Waals surface area contributed by atoms with Crippen molar-refractivity contribution in [2.75, 3.05) is 5.73 Å². The van der Waals surface area contributed by atoms with Crippen molar-refractivity contribution in [2.45, 2.75) is 13.8 Å². The summed E-state index contributed by atoms with van der Waals surface area (Å²) in [4.78, 5) is 8.78. The molecular weight excluding hydrogens is 250 g/mol.